The summed E-state index contributed by atoms with van der Waals surface area (Å²) in [5.41, 5.74) is -1.06. The number of methoxy groups -OCH3 is 1. The monoisotopic (exact) mass is 472 g/mol. The van der Waals surface area contributed by atoms with Crippen LogP contribution in [-0.4, -0.2) is 30.4 Å². The molecule has 10 heteroatoms. The fraction of sp³-hybridized carbons (Fsp3) is 0.174. The molecule has 0 aliphatic carbocycles. The summed E-state index contributed by atoms with van der Waals surface area (Å²) >= 11 is 0.773. The molecular formula is C23H15F3N2O4S. The number of alkyl halides is 3. The number of nitriles is 1. The maximum Gasteiger partial charge on any atom is 0.417 e. The van der Waals surface area contributed by atoms with E-state index in [1.807, 2.05) is 0 Å². The van der Waals surface area contributed by atoms with Crippen LogP contribution in [0.25, 0.3) is 11.3 Å². The lowest BCUT2D eigenvalue weighted by Crippen LogP contribution is -2.11. The van der Waals surface area contributed by atoms with E-state index in [-0.39, 0.29) is 29.0 Å². The van der Waals surface area contributed by atoms with E-state index < -0.39 is 17.3 Å². The number of hydrogen-bond acceptors (Lipinski definition) is 7. The summed E-state index contributed by atoms with van der Waals surface area (Å²) in [6, 6.07) is 13.5. The molecule has 168 valence electrons. The fourth-order valence-corrected chi connectivity index (χ4v) is 4.07. The van der Waals surface area contributed by atoms with Gasteiger partial charge in [0.1, 0.15) is 16.8 Å². The Bertz CT molecular complexity index is 1270. The van der Waals surface area contributed by atoms with Gasteiger partial charge < -0.3 is 14.2 Å². The zero-order chi connectivity index (χ0) is 23.6. The highest BCUT2D eigenvalue weighted by Crippen LogP contribution is 2.40. The third-order valence-electron chi connectivity index (χ3n) is 4.80. The molecule has 2 aromatic carbocycles. The molecule has 0 saturated heterocycles. The van der Waals surface area contributed by atoms with Gasteiger partial charge >= 0.3 is 6.18 Å². The first-order chi connectivity index (χ1) is 15.8. The van der Waals surface area contributed by atoms with E-state index in [4.69, 9.17) is 14.2 Å². The number of fused-ring (bicyclic) bond motifs is 1. The Balaban J connectivity index is 1.71. The van der Waals surface area contributed by atoms with Crippen molar-refractivity contribution in [2.75, 3.05) is 19.7 Å². The van der Waals surface area contributed by atoms with Gasteiger partial charge in [-0.25, -0.2) is 4.98 Å². The van der Waals surface area contributed by atoms with E-state index in [1.165, 1.54) is 19.2 Å². The molecule has 0 unspecified atom stereocenters. The number of thioether (sulfide) groups is 1. The molecule has 0 fully saturated rings. The summed E-state index contributed by atoms with van der Waals surface area (Å²) in [5, 5.41) is 9.28. The lowest BCUT2D eigenvalue weighted by molar-refractivity contribution is -0.138. The average Bonchev–Trinajstić information content (AvgIpc) is 3.29. The van der Waals surface area contributed by atoms with Crippen molar-refractivity contribution in [3.05, 3.63) is 65.2 Å². The van der Waals surface area contributed by atoms with Crippen LogP contribution in [0.2, 0.25) is 0 Å². The van der Waals surface area contributed by atoms with Gasteiger partial charge in [0.2, 0.25) is 6.79 Å². The summed E-state index contributed by atoms with van der Waals surface area (Å²) in [4.78, 5) is 16.9. The van der Waals surface area contributed by atoms with Gasteiger partial charge in [0, 0.05) is 11.1 Å². The van der Waals surface area contributed by atoms with E-state index in [2.05, 4.69) is 4.98 Å². The predicted molar refractivity (Wildman–Crippen MR) is 114 cm³/mol. The number of aromatic nitrogens is 1. The van der Waals surface area contributed by atoms with Crippen molar-refractivity contribution < 1.29 is 32.2 Å². The topological polar surface area (TPSA) is 81.4 Å². The number of halogens is 3. The third-order valence-corrected chi connectivity index (χ3v) is 5.78. The normalized spacial score (nSPS) is 12.3. The molecule has 0 amide bonds. The molecule has 1 aliphatic heterocycles. The van der Waals surface area contributed by atoms with Crippen LogP contribution in [0.1, 0.15) is 21.5 Å². The minimum atomic E-state index is -4.79. The summed E-state index contributed by atoms with van der Waals surface area (Å²) < 4.78 is 56.9. The number of ketones is 1. The lowest BCUT2D eigenvalue weighted by Gasteiger charge is -2.14. The maximum atomic E-state index is 13.8. The molecule has 0 N–H and O–H groups in total. The smallest absolute Gasteiger partial charge is 0.417 e. The summed E-state index contributed by atoms with van der Waals surface area (Å²) in [6.07, 6.45) is -4.79. The van der Waals surface area contributed by atoms with E-state index in [0.717, 1.165) is 17.8 Å². The first kappa shape index (κ1) is 22.5. The zero-order valence-corrected chi connectivity index (χ0v) is 17.9. The van der Waals surface area contributed by atoms with Crippen LogP contribution in [-0.2, 0) is 6.18 Å². The number of Topliss-reactive ketones (excluding diaryl/α,β-unsaturated/α-hetero) is 1. The van der Waals surface area contributed by atoms with E-state index in [1.54, 1.807) is 36.4 Å². The van der Waals surface area contributed by atoms with Crippen molar-refractivity contribution in [3.8, 4) is 34.6 Å². The second kappa shape index (κ2) is 9.03. The van der Waals surface area contributed by atoms with Gasteiger partial charge in [0.05, 0.1) is 29.7 Å². The number of rotatable bonds is 6. The Morgan fingerprint density at radius 1 is 1.18 bits per heavy atom. The minimum Gasteiger partial charge on any atom is -0.497 e. The van der Waals surface area contributed by atoms with Crippen LogP contribution in [0.4, 0.5) is 13.2 Å². The van der Waals surface area contributed by atoms with Gasteiger partial charge in [0.25, 0.3) is 0 Å². The molecule has 0 saturated carbocycles. The lowest BCUT2D eigenvalue weighted by atomic mass is 10.0. The van der Waals surface area contributed by atoms with Crippen molar-refractivity contribution in [2.45, 2.75) is 11.2 Å². The molecule has 0 radical (unpaired) electrons. The summed E-state index contributed by atoms with van der Waals surface area (Å²) in [6.45, 7) is 0.0148. The molecule has 2 heterocycles. The van der Waals surface area contributed by atoms with Gasteiger partial charge in [-0.3, -0.25) is 4.79 Å². The second-order valence-corrected chi connectivity index (χ2v) is 7.82. The number of benzene rings is 2. The van der Waals surface area contributed by atoms with Gasteiger partial charge in [-0.1, -0.05) is 23.9 Å². The standard InChI is InChI=1S/C23H15F3N2O4S/c1-30-15-4-2-3-14(7-15)19(29)11-33-22-16(10-27)17(23(24,25)26)9-18(28-22)13-5-6-20-21(8-13)32-12-31-20/h2-9H,11-12H2,1H3. The average molecular weight is 472 g/mol. The first-order valence-corrected chi connectivity index (χ1v) is 10.5. The number of pyridine rings is 1. The Morgan fingerprint density at radius 2 is 1.97 bits per heavy atom. The number of nitrogens with zero attached hydrogens (tertiary/aromatic N) is 2. The van der Waals surface area contributed by atoms with Gasteiger partial charge in [-0.15, -0.1) is 0 Å². The van der Waals surface area contributed by atoms with Crippen molar-refractivity contribution in [1.82, 2.24) is 4.98 Å². The predicted octanol–water partition coefficient (Wildman–Crippen LogP) is 5.35. The molecule has 4 rings (SSSR count). The number of carbonyl (C=O) groups is 1. The highest BCUT2D eigenvalue weighted by molar-refractivity contribution is 8.00. The molecule has 1 aromatic heterocycles. The molecule has 6 nitrogen and oxygen atoms in total. The highest BCUT2D eigenvalue weighted by atomic mass is 32.2. The van der Waals surface area contributed by atoms with Gasteiger partial charge in [0.15, 0.2) is 17.3 Å². The first-order valence-electron chi connectivity index (χ1n) is 9.52. The molecule has 0 atom stereocenters. The van der Waals surface area contributed by atoms with Crippen LogP contribution in [0.15, 0.2) is 53.6 Å². The quantitative estimate of drug-likeness (QED) is 0.353. The van der Waals surface area contributed by atoms with E-state index >= 15 is 0 Å². The van der Waals surface area contributed by atoms with Crippen molar-refractivity contribution in [2.24, 2.45) is 0 Å². The maximum absolute atomic E-state index is 13.8. The Kier molecular flexibility index (Phi) is 6.16. The van der Waals surface area contributed by atoms with Gasteiger partial charge in [-0.05, 0) is 36.4 Å². The molecular weight excluding hydrogens is 457 g/mol. The summed E-state index contributed by atoms with van der Waals surface area (Å²) in [5.74, 6) is 0.783. The number of hydrogen-bond donors (Lipinski definition) is 0. The molecule has 33 heavy (non-hydrogen) atoms. The molecule has 3 aromatic rings. The molecule has 1 aliphatic rings. The minimum absolute atomic E-state index is 0.00375. The Morgan fingerprint density at radius 3 is 2.70 bits per heavy atom. The second-order valence-electron chi connectivity index (χ2n) is 6.86. The molecule has 0 bridgehead atoms. The van der Waals surface area contributed by atoms with Crippen LogP contribution in [0, 0.1) is 11.3 Å². The largest absolute Gasteiger partial charge is 0.497 e. The van der Waals surface area contributed by atoms with Crippen LogP contribution in [0.3, 0.4) is 0 Å². The third kappa shape index (κ3) is 4.73. The van der Waals surface area contributed by atoms with Crippen LogP contribution < -0.4 is 14.2 Å². The van der Waals surface area contributed by atoms with Crippen molar-refractivity contribution in [1.29, 1.82) is 5.26 Å². The van der Waals surface area contributed by atoms with Crippen LogP contribution >= 0.6 is 11.8 Å². The summed E-state index contributed by atoms with van der Waals surface area (Å²) in [7, 11) is 1.46. The fourth-order valence-electron chi connectivity index (χ4n) is 3.18. The zero-order valence-electron chi connectivity index (χ0n) is 17.1. The molecule has 0 spiro atoms. The van der Waals surface area contributed by atoms with Crippen molar-refractivity contribution in [3.63, 3.8) is 0 Å². The number of carbonyl (C=O) groups excluding carboxylic acids is 1. The van der Waals surface area contributed by atoms with Crippen LogP contribution in [0.5, 0.6) is 17.2 Å². The Hall–Kier alpha value is -3.71. The van der Waals surface area contributed by atoms with E-state index in [0.29, 0.717) is 28.4 Å². The highest BCUT2D eigenvalue weighted by Gasteiger charge is 2.36. The van der Waals surface area contributed by atoms with Gasteiger partial charge in [-0.2, -0.15) is 18.4 Å². The SMILES string of the molecule is COc1cccc(C(=O)CSc2nc(-c3ccc4c(c3)OCO4)cc(C(F)(F)F)c2C#N)c1. The number of ether oxygens (including phenoxy) is 3. The Labute approximate surface area is 190 Å². The van der Waals surface area contributed by atoms with E-state index in [9.17, 15) is 23.2 Å². The van der Waals surface area contributed by atoms with Crippen molar-refractivity contribution >= 4 is 17.5 Å².